The summed E-state index contributed by atoms with van der Waals surface area (Å²) in [4.78, 5) is 6.50. The molecular weight excluding hydrogens is 489 g/mol. The summed E-state index contributed by atoms with van der Waals surface area (Å²) >= 11 is 0. The van der Waals surface area contributed by atoms with Crippen molar-refractivity contribution in [2.24, 2.45) is 10.9 Å². The highest BCUT2D eigenvalue weighted by molar-refractivity contribution is 14.0. The zero-order chi connectivity index (χ0) is 20.3. The molecule has 1 fully saturated rings. The van der Waals surface area contributed by atoms with Crippen LogP contribution in [-0.4, -0.2) is 44.7 Å². The molecule has 0 aliphatic heterocycles. The van der Waals surface area contributed by atoms with E-state index < -0.39 is 0 Å². The minimum atomic E-state index is 0. The van der Waals surface area contributed by atoms with Crippen molar-refractivity contribution in [2.45, 2.75) is 32.6 Å². The number of ether oxygens (including phenoxy) is 2. The summed E-state index contributed by atoms with van der Waals surface area (Å²) in [6, 6.07) is 18.8. The molecule has 1 N–H and O–H groups in total. The number of nitrogens with zero attached hydrogens (tertiary/aromatic N) is 2. The number of benzene rings is 2. The molecule has 0 amide bonds. The largest absolute Gasteiger partial charge is 0.379 e. The van der Waals surface area contributed by atoms with Crippen LogP contribution >= 0.6 is 24.0 Å². The van der Waals surface area contributed by atoms with Gasteiger partial charge in [-0.05, 0) is 35.4 Å². The average Bonchev–Trinajstić information content (AvgIpc) is 3.57. The lowest BCUT2D eigenvalue weighted by atomic mass is 10.1. The topological polar surface area (TPSA) is 46.1 Å². The van der Waals surface area contributed by atoms with Crippen molar-refractivity contribution in [3.05, 3.63) is 71.3 Å². The van der Waals surface area contributed by atoms with Gasteiger partial charge in [-0.2, -0.15) is 0 Å². The predicted molar refractivity (Wildman–Crippen MR) is 133 cm³/mol. The molecule has 1 saturated carbocycles. The predicted octanol–water partition coefficient (Wildman–Crippen LogP) is 4.46. The van der Waals surface area contributed by atoms with Crippen molar-refractivity contribution in [1.29, 1.82) is 0 Å². The van der Waals surface area contributed by atoms with E-state index in [4.69, 9.17) is 9.47 Å². The third-order valence-corrected chi connectivity index (χ3v) is 5.02. The van der Waals surface area contributed by atoms with Crippen molar-refractivity contribution >= 4 is 29.9 Å². The molecule has 2 aromatic rings. The molecule has 30 heavy (non-hydrogen) atoms. The maximum absolute atomic E-state index is 5.86. The molecule has 6 heteroatoms. The second-order valence-corrected chi connectivity index (χ2v) is 7.64. The van der Waals surface area contributed by atoms with Crippen LogP contribution in [0.4, 0.5) is 0 Å². The van der Waals surface area contributed by atoms with E-state index in [-0.39, 0.29) is 24.0 Å². The van der Waals surface area contributed by atoms with Gasteiger partial charge in [0, 0.05) is 33.8 Å². The molecule has 5 nitrogen and oxygen atoms in total. The molecule has 3 rings (SSSR count). The van der Waals surface area contributed by atoms with Gasteiger partial charge in [-0.15, -0.1) is 24.0 Å². The SMILES string of the molecule is CN=C(NCc1cccc(COCc2ccccc2)c1)N(C)CCOCC1CC1.I. The molecule has 0 spiro atoms. The Morgan fingerprint density at radius 2 is 1.70 bits per heavy atom. The molecule has 0 saturated heterocycles. The Kier molecular flexibility index (Phi) is 11.2. The Morgan fingerprint density at radius 3 is 2.43 bits per heavy atom. The first-order valence-corrected chi connectivity index (χ1v) is 10.4. The maximum atomic E-state index is 5.86. The van der Waals surface area contributed by atoms with Crippen molar-refractivity contribution in [1.82, 2.24) is 10.2 Å². The number of hydrogen-bond donors (Lipinski definition) is 1. The van der Waals surface area contributed by atoms with Gasteiger partial charge < -0.3 is 19.7 Å². The van der Waals surface area contributed by atoms with Crippen molar-refractivity contribution < 1.29 is 9.47 Å². The highest BCUT2D eigenvalue weighted by Crippen LogP contribution is 2.28. The Morgan fingerprint density at radius 1 is 1.00 bits per heavy atom. The first-order valence-electron chi connectivity index (χ1n) is 10.4. The van der Waals surface area contributed by atoms with Gasteiger partial charge in [0.05, 0.1) is 19.8 Å². The fraction of sp³-hybridized carbons (Fsp3) is 0.458. The van der Waals surface area contributed by atoms with E-state index in [2.05, 4.69) is 51.6 Å². The van der Waals surface area contributed by atoms with Crippen LogP contribution in [0.2, 0.25) is 0 Å². The fourth-order valence-electron chi connectivity index (χ4n) is 3.10. The van der Waals surface area contributed by atoms with E-state index in [1.54, 1.807) is 0 Å². The highest BCUT2D eigenvalue weighted by Gasteiger charge is 2.21. The molecule has 0 heterocycles. The summed E-state index contributed by atoms with van der Waals surface area (Å²) in [5, 5.41) is 3.44. The molecule has 0 radical (unpaired) electrons. The minimum absolute atomic E-state index is 0. The number of hydrogen-bond acceptors (Lipinski definition) is 3. The van der Waals surface area contributed by atoms with Crippen LogP contribution in [0.25, 0.3) is 0 Å². The van der Waals surface area contributed by atoms with E-state index >= 15 is 0 Å². The van der Waals surface area contributed by atoms with Crippen molar-refractivity contribution in [3.63, 3.8) is 0 Å². The Balaban J connectivity index is 0.00000320. The summed E-state index contributed by atoms with van der Waals surface area (Å²) in [6.45, 7) is 4.44. The number of aliphatic imine (C=N–C) groups is 1. The Labute approximate surface area is 197 Å². The quantitative estimate of drug-likeness (QED) is 0.205. The van der Waals surface area contributed by atoms with Gasteiger partial charge in [-0.1, -0.05) is 54.6 Å². The minimum Gasteiger partial charge on any atom is -0.379 e. The molecule has 164 valence electrons. The summed E-state index contributed by atoms with van der Waals surface area (Å²) < 4.78 is 11.6. The zero-order valence-corrected chi connectivity index (χ0v) is 20.4. The molecule has 0 unspecified atom stereocenters. The van der Waals surface area contributed by atoms with E-state index in [9.17, 15) is 0 Å². The van der Waals surface area contributed by atoms with E-state index in [1.807, 2.05) is 32.3 Å². The average molecular weight is 523 g/mol. The van der Waals surface area contributed by atoms with Gasteiger partial charge in [0.15, 0.2) is 5.96 Å². The van der Waals surface area contributed by atoms with Crippen LogP contribution in [0.3, 0.4) is 0 Å². The molecule has 1 aliphatic rings. The molecule has 0 bridgehead atoms. The fourth-order valence-corrected chi connectivity index (χ4v) is 3.10. The summed E-state index contributed by atoms with van der Waals surface area (Å²) in [6.07, 6.45) is 2.66. The summed E-state index contributed by atoms with van der Waals surface area (Å²) in [5.74, 6) is 1.69. The Hall–Kier alpha value is -1.64. The first kappa shape index (κ1) is 24.6. The van der Waals surface area contributed by atoms with Crippen LogP contribution in [0.5, 0.6) is 0 Å². The van der Waals surface area contributed by atoms with Gasteiger partial charge in [0.25, 0.3) is 0 Å². The van der Waals surface area contributed by atoms with Gasteiger partial charge in [0.2, 0.25) is 0 Å². The molecule has 2 aromatic carbocycles. The van der Waals surface area contributed by atoms with Crippen LogP contribution in [0.15, 0.2) is 59.6 Å². The van der Waals surface area contributed by atoms with E-state index in [0.717, 1.165) is 38.2 Å². The molecule has 1 aliphatic carbocycles. The van der Waals surface area contributed by atoms with Crippen LogP contribution < -0.4 is 5.32 Å². The normalized spacial score (nSPS) is 13.6. The number of rotatable bonds is 11. The Bertz CT molecular complexity index is 766. The molecule has 0 aromatic heterocycles. The third kappa shape index (κ3) is 9.02. The number of guanidine groups is 1. The van der Waals surface area contributed by atoms with Crippen molar-refractivity contribution in [2.75, 3.05) is 33.9 Å². The number of halogens is 1. The first-order chi connectivity index (χ1) is 14.2. The van der Waals surface area contributed by atoms with Crippen LogP contribution in [0, 0.1) is 5.92 Å². The van der Waals surface area contributed by atoms with Crippen LogP contribution in [-0.2, 0) is 29.2 Å². The van der Waals surface area contributed by atoms with Crippen LogP contribution in [0.1, 0.15) is 29.5 Å². The summed E-state index contributed by atoms with van der Waals surface area (Å²) in [7, 11) is 3.86. The number of nitrogens with one attached hydrogen (secondary N) is 1. The molecular formula is C24H34IN3O2. The van der Waals surface area contributed by atoms with E-state index in [0.29, 0.717) is 13.2 Å². The van der Waals surface area contributed by atoms with Gasteiger partial charge in [0.1, 0.15) is 0 Å². The number of likely N-dealkylation sites (N-methyl/N-ethyl adjacent to an activating group) is 1. The lowest BCUT2D eigenvalue weighted by molar-refractivity contribution is 0.107. The lowest BCUT2D eigenvalue weighted by Gasteiger charge is -2.22. The third-order valence-electron chi connectivity index (χ3n) is 5.02. The second-order valence-electron chi connectivity index (χ2n) is 7.64. The van der Waals surface area contributed by atoms with Crippen molar-refractivity contribution in [3.8, 4) is 0 Å². The van der Waals surface area contributed by atoms with Gasteiger partial charge >= 0.3 is 0 Å². The van der Waals surface area contributed by atoms with E-state index in [1.165, 1.54) is 29.5 Å². The summed E-state index contributed by atoms with van der Waals surface area (Å²) in [5.41, 5.74) is 3.58. The molecule has 0 atom stereocenters. The smallest absolute Gasteiger partial charge is 0.193 e. The van der Waals surface area contributed by atoms with Gasteiger partial charge in [-0.25, -0.2) is 0 Å². The zero-order valence-electron chi connectivity index (χ0n) is 18.0. The second kappa shape index (κ2) is 13.6. The monoisotopic (exact) mass is 523 g/mol. The highest BCUT2D eigenvalue weighted by atomic mass is 127. The standard InChI is InChI=1S/C24H33N3O2.HI/c1-25-24(27(2)13-14-28-17-21-11-12-21)26-16-22-9-6-10-23(15-22)19-29-18-20-7-4-3-5-8-20;/h3-10,15,21H,11-14,16-19H2,1-2H3,(H,25,26);1H. The maximum Gasteiger partial charge on any atom is 0.193 e. The van der Waals surface area contributed by atoms with Gasteiger partial charge in [-0.3, -0.25) is 4.99 Å². The lowest BCUT2D eigenvalue weighted by Crippen LogP contribution is -2.40.